The SMILES string of the molecule is C=C1C[C@H](O)[C@@]2(C)CCC3c4ccc(-c5ccccc5C(=O)O)cc4CCC3[C@H]12. The van der Waals surface area contributed by atoms with Crippen LogP contribution in [0.4, 0.5) is 0 Å². The molecule has 5 atom stereocenters. The number of aliphatic hydroxyl groups is 1. The first kappa shape index (κ1) is 18.6. The highest BCUT2D eigenvalue weighted by molar-refractivity contribution is 5.96. The van der Waals surface area contributed by atoms with E-state index in [0.717, 1.165) is 43.2 Å². The third-order valence-electron chi connectivity index (χ3n) is 8.06. The largest absolute Gasteiger partial charge is 0.478 e. The number of benzene rings is 2. The molecule has 0 heterocycles. The van der Waals surface area contributed by atoms with Gasteiger partial charge in [-0.15, -0.1) is 0 Å². The summed E-state index contributed by atoms with van der Waals surface area (Å²) in [5.41, 5.74) is 6.13. The molecule has 150 valence electrons. The van der Waals surface area contributed by atoms with Gasteiger partial charge in [0.2, 0.25) is 0 Å². The molecule has 2 aromatic carbocycles. The minimum absolute atomic E-state index is 0.0177. The molecule has 0 aromatic heterocycles. The van der Waals surface area contributed by atoms with Crippen LogP contribution in [-0.2, 0) is 6.42 Å². The van der Waals surface area contributed by atoms with Gasteiger partial charge < -0.3 is 10.2 Å². The highest BCUT2D eigenvalue weighted by Crippen LogP contribution is 2.62. The Morgan fingerprint density at radius 3 is 2.76 bits per heavy atom. The molecule has 3 aliphatic rings. The van der Waals surface area contributed by atoms with Crippen LogP contribution in [0.25, 0.3) is 11.1 Å². The van der Waals surface area contributed by atoms with Crippen molar-refractivity contribution in [3.8, 4) is 11.1 Å². The summed E-state index contributed by atoms with van der Waals surface area (Å²) in [6.45, 7) is 6.61. The van der Waals surface area contributed by atoms with Crippen molar-refractivity contribution in [1.29, 1.82) is 0 Å². The number of carbonyl (C=O) groups is 1. The molecule has 29 heavy (non-hydrogen) atoms. The maximum Gasteiger partial charge on any atom is 0.336 e. The third kappa shape index (κ3) is 2.71. The summed E-state index contributed by atoms with van der Waals surface area (Å²) in [7, 11) is 0. The molecule has 3 nitrogen and oxygen atoms in total. The summed E-state index contributed by atoms with van der Waals surface area (Å²) in [6, 6.07) is 13.8. The monoisotopic (exact) mass is 388 g/mol. The first-order valence-electron chi connectivity index (χ1n) is 10.7. The van der Waals surface area contributed by atoms with E-state index in [1.807, 2.05) is 12.1 Å². The van der Waals surface area contributed by atoms with E-state index >= 15 is 0 Å². The standard InChI is InChI=1S/C26H28O3/c1-15-13-23(27)26(2)12-11-20-19-9-7-16(14-17(19)8-10-21(20)24(15)26)18-5-3-4-6-22(18)25(28)29/h3-7,9,14,20-21,23-24,27H,1,8,10-13H2,2H3,(H,28,29)/t20?,21?,23-,24-,26+/m0/s1. The topological polar surface area (TPSA) is 57.5 Å². The lowest BCUT2D eigenvalue weighted by atomic mass is 9.55. The maximum atomic E-state index is 11.6. The number of rotatable bonds is 2. The highest BCUT2D eigenvalue weighted by Gasteiger charge is 2.56. The molecule has 3 heteroatoms. The molecule has 0 saturated heterocycles. The third-order valence-corrected chi connectivity index (χ3v) is 8.06. The van der Waals surface area contributed by atoms with Gasteiger partial charge in [0, 0.05) is 5.41 Å². The number of aromatic carboxylic acids is 1. The van der Waals surface area contributed by atoms with Gasteiger partial charge in [0.25, 0.3) is 0 Å². The van der Waals surface area contributed by atoms with Crippen LogP contribution in [0.15, 0.2) is 54.6 Å². The van der Waals surface area contributed by atoms with E-state index in [-0.39, 0.29) is 11.5 Å². The zero-order valence-corrected chi connectivity index (χ0v) is 16.9. The molecular weight excluding hydrogens is 360 g/mol. The Morgan fingerprint density at radius 2 is 1.97 bits per heavy atom. The summed E-state index contributed by atoms with van der Waals surface area (Å²) in [4.78, 5) is 11.6. The minimum atomic E-state index is -0.886. The Balaban J connectivity index is 1.52. The van der Waals surface area contributed by atoms with Crippen molar-refractivity contribution >= 4 is 5.97 Å². The van der Waals surface area contributed by atoms with Crippen molar-refractivity contribution in [1.82, 2.24) is 0 Å². The summed E-state index contributed by atoms with van der Waals surface area (Å²) in [6.07, 6.45) is 4.78. The van der Waals surface area contributed by atoms with Crippen molar-refractivity contribution in [3.05, 3.63) is 71.3 Å². The lowest BCUT2D eigenvalue weighted by molar-refractivity contribution is -0.0178. The second kappa shape index (κ2) is 6.56. The molecule has 0 bridgehead atoms. The number of aryl methyl sites for hydroxylation is 1. The van der Waals surface area contributed by atoms with Gasteiger partial charge in [-0.25, -0.2) is 4.79 Å². The maximum absolute atomic E-state index is 11.6. The number of aliphatic hydroxyl groups excluding tert-OH is 1. The molecule has 0 radical (unpaired) electrons. The summed E-state index contributed by atoms with van der Waals surface area (Å²) < 4.78 is 0. The van der Waals surface area contributed by atoms with E-state index in [1.54, 1.807) is 12.1 Å². The van der Waals surface area contributed by atoms with Gasteiger partial charge in [0.15, 0.2) is 0 Å². The molecule has 2 N–H and O–H groups in total. The van der Waals surface area contributed by atoms with Gasteiger partial charge in [-0.05, 0) is 78.2 Å². The Hall–Kier alpha value is -2.39. The second-order valence-electron chi connectivity index (χ2n) is 9.47. The predicted molar refractivity (Wildman–Crippen MR) is 114 cm³/mol. The van der Waals surface area contributed by atoms with Gasteiger partial charge in [-0.2, -0.15) is 0 Å². The number of hydrogen-bond acceptors (Lipinski definition) is 2. The molecule has 0 amide bonds. The number of fused-ring (bicyclic) bond motifs is 5. The summed E-state index contributed by atoms with van der Waals surface area (Å²) >= 11 is 0. The van der Waals surface area contributed by atoms with Crippen molar-refractivity contribution in [2.45, 2.75) is 51.0 Å². The van der Waals surface area contributed by atoms with Crippen LogP contribution in [0.2, 0.25) is 0 Å². The Morgan fingerprint density at radius 1 is 1.17 bits per heavy atom. The van der Waals surface area contributed by atoms with E-state index in [2.05, 4.69) is 31.7 Å². The Labute approximate surface area is 172 Å². The molecule has 3 aliphatic carbocycles. The number of hydrogen-bond donors (Lipinski definition) is 2. The fourth-order valence-corrected chi connectivity index (χ4v) is 6.66. The van der Waals surface area contributed by atoms with E-state index in [1.165, 1.54) is 16.7 Å². The molecular formula is C26H28O3. The van der Waals surface area contributed by atoms with Crippen LogP contribution in [0, 0.1) is 17.3 Å². The zero-order chi connectivity index (χ0) is 20.3. The van der Waals surface area contributed by atoms with Crippen molar-refractivity contribution < 1.29 is 15.0 Å². The molecule has 0 aliphatic heterocycles. The Bertz CT molecular complexity index is 1010. The van der Waals surface area contributed by atoms with Crippen LogP contribution >= 0.6 is 0 Å². The highest BCUT2D eigenvalue weighted by atomic mass is 16.4. The first-order chi connectivity index (χ1) is 13.9. The number of carboxylic acids is 1. The smallest absolute Gasteiger partial charge is 0.336 e. The van der Waals surface area contributed by atoms with Crippen LogP contribution in [0.3, 0.4) is 0 Å². The molecule has 0 spiro atoms. The quantitative estimate of drug-likeness (QED) is 0.674. The van der Waals surface area contributed by atoms with E-state index in [9.17, 15) is 15.0 Å². The lowest BCUT2D eigenvalue weighted by Gasteiger charge is -2.50. The second-order valence-corrected chi connectivity index (χ2v) is 9.47. The van der Waals surface area contributed by atoms with E-state index in [0.29, 0.717) is 23.3 Å². The van der Waals surface area contributed by atoms with E-state index in [4.69, 9.17) is 0 Å². The van der Waals surface area contributed by atoms with Gasteiger partial charge >= 0.3 is 5.97 Å². The average molecular weight is 389 g/mol. The molecule has 2 unspecified atom stereocenters. The number of carboxylic acid groups (broad SMARTS) is 1. The van der Waals surface area contributed by atoms with Crippen LogP contribution in [0.5, 0.6) is 0 Å². The average Bonchev–Trinajstić information content (AvgIpc) is 2.95. The predicted octanol–water partition coefficient (Wildman–Crippen LogP) is 5.43. The lowest BCUT2D eigenvalue weighted by Crippen LogP contribution is -2.44. The van der Waals surface area contributed by atoms with Crippen molar-refractivity contribution in [2.24, 2.45) is 17.3 Å². The van der Waals surface area contributed by atoms with Crippen LogP contribution in [-0.4, -0.2) is 22.3 Å². The molecule has 2 saturated carbocycles. The van der Waals surface area contributed by atoms with Crippen molar-refractivity contribution in [3.63, 3.8) is 0 Å². The van der Waals surface area contributed by atoms with E-state index < -0.39 is 5.97 Å². The first-order valence-corrected chi connectivity index (χ1v) is 10.7. The summed E-state index contributed by atoms with van der Waals surface area (Å²) in [5, 5.41) is 20.2. The molecule has 5 rings (SSSR count). The normalized spacial score (nSPS) is 33.0. The zero-order valence-electron chi connectivity index (χ0n) is 16.9. The van der Waals surface area contributed by atoms with Crippen molar-refractivity contribution in [2.75, 3.05) is 0 Å². The summed E-state index contributed by atoms with van der Waals surface area (Å²) in [5.74, 6) is 0.603. The van der Waals surface area contributed by atoms with Crippen LogP contribution in [0.1, 0.15) is 60.0 Å². The van der Waals surface area contributed by atoms with Gasteiger partial charge in [-0.3, -0.25) is 0 Å². The molecule has 2 aromatic rings. The Kier molecular flexibility index (Phi) is 4.22. The van der Waals surface area contributed by atoms with Crippen LogP contribution < -0.4 is 0 Å². The fourth-order valence-electron chi connectivity index (χ4n) is 6.66. The van der Waals surface area contributed by atoms with Gasteiger partial charge in [-0.1, -0.05) is 55.5 Å². The van der Waals surface area contributed by atoms with Gasteiger partial charge in [0.1, 0.15) is 0 Å². The minimum Gasteiger partial charge on any atom is -0.478 e. The fraction of sp³-hybridized carbons (Fsp3) is 0.423. The van der Waals surface area contributed by atoms with Gasteiger partial charge in [0.05, 0.1) is 11.7 Å². The molecule has 2 fully saturated rings.